The zero-order valence-corrected chi connectivity index (χ0v) is 23.7. The summed E-state index contributed by atoms with van der Waals surface area (Å²) in [4.78, 5) is 31.5. The van der Waals surface area contributed by atoms with Gasteiger partial charge in [-0.05, 0) is 51.5 Å². The van der Waals surface area contributed by atoms with Gasteiger partial charge in [0.1, 0.15) is 29.1 Å². The van der Waals surface area contributed by atoms with Crippen molar-refractivity contribution in [2.75, 3.05) is 26.0 Å². The maximum atomic E-state index is 12.7. The Morgan fingerprint density at radius 1 is 1.05 bits per heavy atom. The topological polar surface area (TPSA) is 112 Å². The lowest BCUT2D eigenvalue weighted by Gasteiger charge is -2.31. The number of nitrogens with zero attached hydrogens (tertiary/aromatic N) is 5. The Kier molecular flexibility index (Phi) is 11.7. The van der Waals surface area contributed by atoms with E-state index in [1.54, 1.807) is 49.8 Å². The molecule has 206 valence electrons. The summed E-state index contributed by atoms with van der Waals surface area (Å²) in [6.07, 6.45) is 7.71. The second kappa shape index (κ2) is 14.7. The van der Waals surface area contributed by atoms with Crippen molar-refractivity contribution >= 4 is 11.8 Å². The number of likely N-dealkylation sites (N-methyl/N-ethyl adjacent to an activating group) is 1. The Hall–Kier alpha value is -3.95. The molecule has 0 spiro atoms. The summed E-state index contributed by atoms with van der Waals surface area (Å²) >= 11 is 0. The molecule has 1 atom stereocenters. The van der Waals surface area contributed by atoms with E-state index < -0.39 is 5.60 Å². The minimum absolute atomic E-state index is 0.110. The summed E-state index contributed by atoms with van der Waals surface area (Å²) in [5.41, 5.74) is 0.682. The second-order valence-corrected chi connectivity index (χ2v) is 9.23. The van der Waals surface area contributed by atoms with Crippen LogP contribution in [-0.2, 0) is 4.74 Å². The van der Waals surface area contributed by atoms with Crippen LogP contribution in [0.5, 0.6) is 17.4 Å². The van der Waals surface area contributed by atoms with Crippen LogP contribution in [-0.4, -0.2) is 63.3 Å². The van der Waals surface area contributed by atoms with E-state index in [0.29, 0.717) is 35.2 Å². The van der Waals surface area contributed by atoms with Crippen molar-refractivity contribution in [3.05, 3.63) is 49.2 Å². The van der Waals surface area contributed by atoms with Gasteiger partial charge in [-0.3, -0.25) is 0 Å². The number of aromatic nitrogens is 4. The Labute approximate surface area is 225 Å². The molecule has 3 aromatic rings. The van der Waals surface area contributed by atoms with E-state index >= 15 is 0 Å². The van der Waals surface area contributed by atoms with E-state index in [4.69, 9.17) is 14.2 Å². The molecule has 0 fully saturated rings. The summed E-state index contributed by atoms with van der Waals surface area (Å²) < 4.78 is 16.9. The van der Waals surface area contributed by atoms with Gasteiger partial charge < -0.3 is 24.4 Å². The van der Waals surface area contributed by atoms with Crippen LogP contribution < -0.4 is 14.8 Å². The number of benzene rings is 1. The largest absolute Gasteiger partial charge is 0.497 e. The van der Waals surface area contributed by atoms with Crippen LogP contribution in [0.4, 0.5) is 10.5 Å². The highest BCUT2D eigenvalue weighted by Crippen LogP contribution is 2.30. The molecule has 0 aliphatic rings. The molecule has 1 amide bonds. The summed E-state index contributed by atoms with van der Waals surface area (Å²) in [6, 6.07) is 7.10. The average Bonchev–Trinajstić information content (AvgIpc) is 2.92. The van der Waals surface area contributed by atoms with Crippen LogP contribution in [0.15, 0.2) is 49.2 Å². The SMILES string of the molecule is CC.CCCC(CNc1cnc(-c2cncnc2)nc1Oc1ccc(OC)cc1)N(C)C(=O)OC(C)(C)C. The summed E-state index contributed by atoms with van der Waals surface area (Å²) in [7, 11) is 3.36. The van der Waals surface area contributed by atoms with Gasteiger partial charge in [-0.25, -0.2) is 19.7 Å². The van der Waals surface area contributed by atoms with Crippen LogP contribution >= 0.6 is 0 Å². The predicted molar refractivity (Wildman–Crippen MR) is 149 cm³/mol. The fourth-order valence-electron chi connectivity index (χ4n) is 3.35. The molecule has 0 aliphatic carbocycles. The molecule has 3 rings (SSSR count). The number of hydrogen-bond donors (Lipinski definition) is 1. The van der Waals surface area contributed by atoms with Gasteiger partial charge in [0, 0.05) is 26.0 Å². The van der Waals surface area contributed by atoms with Crippen LogP contribution in [0.2, 0.25) is 0 Å². The second-order valence-electron chi connectivity index (χ2n) is 9.23. The number of carbonyl (C=O) groups is 1. The van der Waals surface area contributed by atoms with Gasteiger partial charge >= 0.3 is 6.09 Å². The maximum absolute atomic E-state index is 12.7. The average molecular weight is 525 g/mol. The van der Waals surface area contributed by atoms with Gasteiger partial charge in [-0.2, -0.15) is 4.98 Å². The third-order valence-corrected chi connectivity index (χ3v) is 5.23. The number of ether oxygens (including phenoxy) is 3. The van der Waals surface area contributed by atoms with E-state index in [1.807, 2.05) is 46.8 Å². The molecule has 2 heterocycles. The fourth-order valence-corrected chi connectivity index (χ4v) is 3.35. The Balaban J connectivity index is 0.00000247. The molecule has 1 aromatic carbocycles. The number of carbonyl (C=O) groups excluding carboxylic acids is 1. The summed E-state index contributed by atoms with van der Waals surface area (Å²) in [5.74, 6) is 2.08. The number of methoxy groups -OCH3 is 1. The molecule has 10 nitrogen and oxygen atoms in total. The zero-order valence-electron chi connectivity index (χ0n) is 23.7. The first-order valence-corrected chi connectivity index (χ1v) is 12.8. The third kappa shape index (κ3) is 9.17. The van der Waals surface area contributed by atoms with Crippen molar-refractivity contribution in [3.63, 3.8) is 0 Å². The predicted octanol–water partition coefficient (Wildman–Crippen LogP) is 6.21. The molecule has 2 aromatic heterocycles. The molecular weight excluding hydrogens is 484 g/mol. The first kappa shape index (κ1) is 30.3. The van der Waals surface area contributed by atoms with Gasteiger partial charge in [-0.15, -0.1) is 0 Å². The number of rotatable bonds is 10. The van der Waals surface area contributed by atoms with Crippen LogP contribution in [0, 0.1) is 0 Å². The summed E-state index contributed by atoms with van der Waals surface area (Å²) in [6.45, 7) is 12.1. The molecule has 38 heavy (non-hydrogen) atoms. The zero-order chi connectivity index (χ0) is 28.1. The van der Waals surface area contributed by atoms with Crippen LogP contribution in [0.3, 0.4) is 0 Å². The van der Waals surface area contributed by atoms with Crippen LogP contribution in [0.25, 0.3) is 11.4 Å². The summed E-state index contributed by atoms with van der Waals surface area (Å²) in [5, 5.41) is 3.36. The molecule has 1 N–H and O–H groups in total. The highest BCUT2D eigenvalue weighted by molar-refractivity contribution is 5.68. The highest BCUT2D eigenvalue weighted by atomic mass is 16.6. The molecule has 1 unspecified atom stereocenters. The Morgan fingerprint density at radius 2 is 1.68 bits per heavy atom. The smallest absolute Gasteiger partial charge is 0.410 e. The minimum Gasteiger partial charge on any atom is -0.497 e. The highest BCUT2D eigenvalue weighted by Gasteiger charge is 2.25. The van der Waals surface area contributed by atoms with Crippen LogP contribution in [0.1, 0.15) is 54.4 Å². The Bertz CT molecular complexity index is 1120. The number of nitrogens with one attached hydrogen (secondary N) is 1. The van der Waals surface area contributed by atoms with E-state index in [-0.39, 0.29) is 12.1 Å². The quantitative estimate of drug-likeness (QED) is 0.331. The molecule has 0 aliphatic heterocycles. The van der Waals surface area contributed by atoms with E-state index in [2.05, 4.69) is 32.2 Å². The van der Waals surface area contributed by atoms with Crippen molar-refractivity contribution < 1.29 is 19.0 Å². The molecule has 0 radical (unpaired) electrons. The van der Waals surface area contributed by atoms with E-state index in [9.17, 15) is 4.79 Å². The van der Waals surface area contributed by atoms with Gasteiger partial charge in [0.25, 0.3) is 0 Å². The molecule has 0 saturated carbocycles. The van der Waals surface area contributed by atoms with Crippen molar-refractivity contribution in [3.8, 4) is 28.8 Å². The monoisotopic (exact) mass is 524 g/mol. The van der Waals surface area contributed by atoms with Gasteiger partial charge in [0.05, 0.1) is 24.9 Å². The number of amides is 1. The number of anilines is 1. The van der Waals surface area contributed by atoms with Gasteiger partial charge in [-0.1, -0.05) is 27.2 Å². The van der Waals surface area contributed by atoms with Crippen molar-refractivity contribution in [2.45, 2.75) is 66.0 Å². The van der Waals surface area contributed by atoms with Crippen molar-refractivity contribution in [2.24, 2.45) is 0 Å². The first-order valence-electron chi connectivity index (χ1n) is 12.8. The van der Waals surface area contributed by atoms with Crippen molar-refractivity contribution in [1.82, 2.24) is 24.8 Å². The first-order chi connectivity index (χ1) is 18.2. The maximum Gasteiger partial charge on any atom is 0.410 e. The molecule has 0 bridgehead atoms. The molecular formula is C28H40N6O4. The van der Waals surface area contributed by atoms with Crippen molar-refractivity contribution in [1.29, 1.82) is 0 Å². The number of hydrogen-bond acceptors (Lipinski definition) is 9. The Morgan fingerprint density at radius 3 is 2.26 bits per heavy atom. The van der Waals surface area contributed by atoms with Gasteiger partial charge in [0.2, 0.25) is 5.88 Å². The molecule has 0 saturated heterocycles. The lowest BCUT2D eigenvalue weighted by molar-refractivity contribution is 0.0224. The van der Waals surface area contributed by atoms with E-state index in [1.165, 1.54) is 6.33 Å². The normalized spacial score (nSPS) is 11.5. The third-order valence-electron chi connectivity index (χ3n) is 5.23. The fraction of sp³-hybridized carbons (Fsp3) is 0.464. The van der Waals surface area contributed by atoms with Gasteiger partial charge in [0.15, 0.2) is 5.82 Å². The lowest BCUT2D eigenvalue weighted by atomic mass is 10.1. The minimum atomic E-state index is -0.570. The standard InChI is InChI=1S/C26H34N6O4.C2H6/c1-7-8-19(32(5)25(33)36-26(2,3)4)15-29-22-16-30-23(18-13-27-17-28-14-18)31-24(22)35-21-11-9-20(34-6)10-12-21;1-2/h9-14,16-17,19,29H,7-8,15H2,1-6H3;1-2H3. The molecule has 10 heteroatoms. The lowest BCUT2D eigenvalue weighted by Crippen LogP contribution is -2.44. The van der Waals surface area contributed by atoms with E-state index in [0.717, 1.165) is 18.6 Å².